The first-order chi connectivity index (χ1) is 9.85. The molecule has 2 unspecified atom stereocenters. The predicted molar refractivity (Wildman–Crippen MR) is 80.4 cm³/mol. The Kier molecular flexibility index (Phi) is 4.58. The molecule has 0 radical (unpaired) electrons. The van der Waals surface area contributed by atoms with Crippen LogP contribution >= 0.6 is 0 Å². The maximum absolute atomic E-state index is 5.95. The summed E-state index contributed by atoms with van der Waals surface area (Å²) < 4.78 is 11.9. The van der Waals surface area contributed by atoms with Crippen LogP contribution in [0.15, 0.2) is 18.2 Å². The van der Waals surface area contributed by atoms with Gasteiger partial charge in [-0.2, -0.15) is 0 Å². The van der Waals surface area contributed by atoms with E-state index in [0.29, 0.717) is 12.7 Å². The average molecular weight is 275 g/mol. The summed E-state index contributed by atoms with van der Waals surface area (Å²) in [5.41, 5.74) is 2.99. The van der Waals surface area contributed by atoms with Gasteiger partial charge in [0, 0.05) is 6.54 Å². The molecule has 2 atom stereocenters. The summed E-state index contributed by atoms with van der Waals surface area (Å²) in [6, 6.07) is 6.59. The second kappa shape index (κ2) is 6.59. The van der Waals surface area contributed by atoms with E-state index in [2.05, 4.69) is 23.5 Å². The predicted octanol–water partition coefficient (Wildman–Crippen LogP) is 2.71. The number of aryl methyl sites for hydroxylation is 2. The molecular weight excluding hydrogens is 250 g/mol. The molecule has 2 aliphatic rings. The van der Waals surface area contributed by atoms with Crippen LogP contribution in [0.4, 0.5) is 0 Å². The number of benzene rings is 1. The zero-order chi connectivity index (χ0) is 13.8. The van der Waals surface area contributed by atoms with E-state index in [-0.39, 0.29) is 6.10 Å². The lowest BCUT2D eigenvalue weighted by molar-refractivity contribution is 0.0193. The Morgan fingerprint density at radius 2 is 1.95 bits per heavy atom. The van der Waals surface area contributed by atoms with Crippen molar-refractivity contribution in [2.45, 2.75) is 50.7 Å². The minimum atomic E-state index is 0.254. The van der Waals surface area contributed by atoms with Crippen LogP contribution in [0.2, 0.25) is 0 Å². The van der Waals surface area contributed by atoms with Gasteiger partial charge in [0.15, 0.2) is 0 Å². The van der Waals surface area contributed by atoms with Crippen LogP contribution in [0.1, 0.15) is 36.8 Å². The molecule has 0 aromatic heterocycles. The number of likely N-dealkylation sites (N-methyl/N-ethyl adjacent to an activating group) is 1. The van der Waals surface area contributed by atoms with Crippen molar-refractivity contribution in [3.05, 3.63) is 29.3 Å². The number of fused-ring (bicyclic) bond motifs is 1. The van der Waals surface area contributed by atoms with E-state index < -0.39 is 0 Å². The van der Waals surface area contributed by atoms with Crippen LogP contribution in [0, 0.1) is 0 Å². The molecule has 1 fully saturated rings. The summed E-state index contributed by atoms with van der Waals surface area (Å²) in [4.78, 5) is 0. The number of nitrogens with one attached hydrogen (secondary N) is 1. The third-order valence-corrected chi connectivity index (χ3v) is 4.38. The number of hydrogen-bond donors (Lipinski definition) is 1. The van der Waals surface area contributed by atoms with E-state index in [1.807, 2.05) is 7.05 Å². The highest BCUT2D eigenvalue weighted by Crippen LogP contribution is 2.26. The van der Waals surface area contributed by atoms with Crippen molar-refractivity contribution in [3.8, 4) is 5.75 Å². The Morgan fingerprint density at radius 3 is 2.80 bits per heavy atom. The summed E-state index contributed by atoms with van der Waals surface area (Å²) in [6.07, 6.45) is 7.94. The lowest BCUT2D eigenvalue weighted by Gasteiger charge is -2.18. The van der Waals surface area contributed by atoms with E-state index in [1.165, 1.54) is 36.8 Å². The van der Waals surface area contributed by atoms with Crippen molar-refractivity contribution in [1.29, 1.82) is 0 Å². The Bertz CT molecular complexity index is 447. The van der Waals surface area contributed by atoms with Gasteiger partial charge in [0.2, 0.25) is 0 Å². The second-order valence-corrected chi connectivity index (χ2v) is 5.96. The highest BCUT2D eigenvalue weighted by molar-refractivity contribution is 5.37. The molecule has 3 heteroatoms. The van der Waals surface area contributed by atoms with Crippen LogP contribution in [0.3, 0.4) is 0 Å². The molecule has 1 N–H and O–H groups in total. The molecule has 20 heavy (non-hydrogen) atoms. The van der Waals surface area contributed by atoms with E-state index in [9.17, 15) is 0 Å². The van der Waals surface area contributed by atoms with Gasteiger partial charge in [0.05, 0.1) is 12.2 Å². The first-order valence-electron chi connectivity index (χ1n) is 7.90. The van der Waals surface area contributed by atoms with Gasteiger partial charge >= 0.3 is 0 Å². The van der Waals surface area contributed by atoms with E-state index in [1.54, 1.807) is 0 Å². The number of rotatable bonds is 5. The zero-order valence-electron chi connectivity index (χ0n) is 12.4. The van der Waals surface area contributed by atoms with Gasteiger partial charge in [-0.1, -0.05) is 6.07 Å². The molecule has 0 spiro atoms. The van der Waals surface area contributed by atoms with Crippen LogP contribution in [0.25, 0.3) is 0 Å². The molecule has 0 bridgehead atoms. The molecule has 3 rings (SSSR count). The molecule has 1 aromatic rings. The third kappa shape index (κ3) is 3.33. The molecule has 1 aromatic carbocycles. The summed E-state index contributed by atoms with van der Waals surface area (Å²) in [7, 11) is 1.97. The van der Waals surface area contributed by atoms with E-state index in [0.717, 1.165) is 25.1 Å². The third-order valence-electron chi connectivity index (χ3n) is 4.38. The van der Waals surface area contributed by atoms with Gasteiger partial charge in [-0.3, -0.25) is 0 Å². The van der Waals surface area contributed by atoms with Gasteiger partial charge in [-0.15, -0.1) is 0 Å². The zero-order valence-corrected chi connectivity index (χ0v) is 12.4. The van der Waals surface area contributed by atoms with Gasteiger partial charge in [0.1, 0.15) is 12.4 Å². The fourth-order valence-electron chi connectivity index (χ4n) is 3.27. The SMILES string of the molecule is CNCC1CCC(COc2ccc3c(c2)CCCC3)O1. The maximum atomic E-state index is 5.95. The monoisotopic (exact) mass is 275 g/mol. The standard InChI is InChI=1S/C17H25NO2/c1-18-11-16-8-9-17(20-16)12-19-15-7-6-13-4-2-3-5-14(13)10-15/h6-7,10,16-18H,2-5,8-9,11-12H2,1H3. The Hall–Kier alpha value is -1.06. The Labute approximate surface area is 121 Å². The van der Waals surface area contributed by atoms with Gasteiger partial charge < -0.3 is 14.8 Å². The topological polar surface area (TPSA) is 30.5 Å². The van der Waals surface area contributed by atoms with E-state index >= 15 is 0 Å². The Morgan fingerprint density at radius 1 is 1.15 bits per heavy atom. The van der Waals surface area contributed by atoms with Crippen LogP contribution < -0.4 is 10.1 Å². The quantitative estimate of drug-likeness (QED) is 0.896. The molecule has 1 aliphatic heterocycles. The lowest BCUT2D eigenvalue weighted by atomic mass is 9.92. The smallest absolute Gasteiger partial charge is 0.119 e. The number of hydrogen-bond acceptors (Lipinski definition) is 3. The minimum Gasteiger partial charge on any atom is -0.491 e. The lowest BCUT2D eigenvalue weighted by Crippen LogP contribution is -2.25. The molecule has 110 valence electrons. The number of ether oxygens (including phenoxy) is 2. The van der Waals surface area contributed by atoms with Crippen LogP contribution in [0.5, 0.6) is 5.75 Å². The molecule has 1 heterocycles. The summed E-state index contributed by atoms with van der Waals surface area (Å²) >= 11 is 0. The highest BCUT2D eigenvalue weighted by Gasteiger charge is 2.25. The molecule has 0 saturated carbocycles. The van der Waals surface area contributed by atoms with Gasteiger partial charge in [-0.25, -0.2) is 0 Å². The largest absolute Gasteiger partial charge is 0.491 e. The Balaban J connectivity index is 1.51. The molecule has 3 nitrogen and oxygen atoms in total. The molecule has 1 aliphatic carbocycles. The van der Waals surface area contributed by atoms with Crippen molar-refractivity contribution >= 4 is 0 Å². The van der Waals surface area contributed by atoms with Crippen LogP contribution in [-0.4, -0.2) is 32.4 Å². The van der Waals surface area contributed by atoms with Gasteiger partial charge in [0.25, 0.3) is 0 Å². The van der Waals surface area contributed by atoms with Crippen molar-refractivity contribution in [2.24, 2.45) is 0 Å². The summed E-state index contributed by atoms with van der Waals surface area (Å²) in [5.74, 6) is 1.01. The van der Waals surface area contributed by atoms with Crippen molar-refractivity contribution in [3.63, 3.8) is 0 Å². The summed E-state index contributed by atoms with van der Waals surface area (Å²) in [6.45, 7) is 1.62. The molecule has 1 saturated heterocycles. The molecular formula is C17H25NO2. The normalized spacial score (nSPS) is 25.4. The fraction of sp³-hybridized carbons (Fsp3) is 0.647. The maximum Gasteiger partial charge on any atom is 0.119 e. The van der Waals surface area contributed by atoms with Crippen LogP contribution in [-0.2, 0) is 17.6 Å². The first kappa shape index (κ1) is 13.9. The average Bonchev–Trinajstić information content (AvgIpc) is 2.93. The first-order valence-corrected chi connectivity index (χ1v) is 7.90. The fourth-order valence-corrected chi connectivity index (χ4v) is 3.27. The van der Waals surface area contributed by atoms with Crippen molar-refractivity contribution in [2.75, 3.05) is 20.2 Å². The van der Waals surface area contributed by atoms with E-state index in [4.69, 9.17) is 9.47 Å². The highest BCUT2D eigenvalue weighted by atomic mass is 16.5. The van der Waals surface area contributed by atoms with Gasteiger partial charge in [-0.05, 0) is 68.8 Å². The van der Waals surface area contributed by atoms with Crippen molar-refractivity contribution < 1.29 is 9.47 Å². The molecule has 0 amide bonds. The summed E-state index contributed by atoms with van der Waals surface area (Å²) in [5, 5.41) is 3.17. The van der Waals surface area contributed by atoms with Crippen molar-refractivity contribution in [1.82, 2.24) is 5.32 Å². The minimum absolute atomic E-state index is 0.254. The second-order valence-electron chi connectivity index (χ2n) is 5.96.